The molecule has 6 heteroatoms. The van der Waals surface area contributed by atoms with Gasteiger partial charge in [0, 0.05) is 30.8 Å². The van der Waals surface area contributed by atoms with Crippen molar-refractivity contribution in [1.29, 1.82) is 0 Å². The quantitative estimate of drug-likeness (QED) is 0.836. The number of aliphatic hydroxyl groups is 2. The van der Waals surface area contributed by atoms with Gasteiger partial charge in [-0.3, -0.25) is 4.79 Å². The number of amides is 1. The molecular formula is C17H20N2O4. The molecule has 2 rings (SSSR count). The number of aromatic nitrogens is 1. The monoisotopic (exact) mass is 316 g/mol. The van der Waals surface area contributed by atoms with Gasteiger partial charge >= 0.3 is 0 Å². The van der Waals surface area contributed by atoms with Gasteiger partial charge in [-0.2, -0.15) is 0 Å². The fraction of sp³-hybridized carbons (Fsp3) is 0.294. The number of rotatable bonds is 6. The van der Waals surface area contributed by atoms with Crippen molar-refractivity contribution >= 4 is 5.91 Å². The molecule has 1 amide bonds. The van der Waals surface area contributed by atoms with E-state index in [9.17, 15) is 9.90 Å². The summed E-state index contributed by atoms with van der Waals surface area (Å²) in [6.45, 7) is -0.299. The third kappa shape index (κ3) is 4.28. The van der Waals surface area contributed by atoms with Gasteiger partial charge in [0.1, 0.15) is 0 Å². The summed E-state index contributed by atoms with van der Waals surface area (Å²) in [5, 5.41) is 18.2. The van der Waals surface area contributed by atoms with E-state index in [0.717, 1.165) is 11.3 Å². The second-order valence-electron chi connectivity index (χ2n) is 5.16. The van der Waals surface area contributed by atoms with Crippen LogP contribution < -0.4 is 4.74 Å². The molecule has 0 fully saturated rings. The van der Waals surface area contributed by atoms with E-state index in [0.29, 0.717) is 11.4 Å². The zero-order chi connectivity index (χ0) is 16.8. The van der Waals surface area contributed by atoms with E-state index in [1.165, 1.54) is 4.90 Å². The van der Waals surface area contributed by atoms with Gasteiger partial charge < -0.3 is 19.8 Å². The van der Waals surface area contributed by atoms with Crippen LogP contribution >= 0.6 is 0 Å². The molecule has 1 heterocycles. The summed E-state index contributed by atoms with van der Waals surface area (Å²) in [5.74, 6) is 0.308. The van der Waals surface area contributed by atoms with Crippen LogP contribution in [0.3, 0.4) is 0 Å². The third-order valence-electron chi connectivity index (χ3n) is 3.40. The van der Waals surface area contributed by atoms with E-state index < -0.39 is 6.10 Å². The molecule has 2 N–H and O–H groups in total. The second kappa shape index (κ2) is 7.71. The molecule has 0 aliphatic rings. The summed E-state index contributed by atoms with van der Waals surface area (Å²) in [7, 11) is 3.14. The molecule has 23 heavy (non-hydrogen) atoms. The van der Waals surface area contributed by atoms with Crippen molar-refractivity contribution in [2.75, 3.05) is 27.3 Å². The molecule has 0 radical (unpaired) electrons. The van der Waals surface area contributed by atoms with E-state index in [2.05, 4.69) is 4.98 Å². The van der Waals surface area contributed by atoms with Crippen molar-refractivity contribution in [3.8, 4) is 17.1 Å². The molecule has 1 unspecified atom stereocenters. The molecule has 0 bridgehead atoms. The first-order valence-electron chi connectivity index (χ1n) is 7.21. The van der Waals surface area contributed by atoms with Crippen molar-refractivity contribution in [2.45, 2.75) is 6.10 Å². The first kappa shape index (κ1) is 16.9. The minimum absolute atomic E-state index is 0.0779. The number of carbonyl (C=O) groups is 1. The van der Waals surface area contributed by atoms with E-state index in [1.54, 1.807) is 32.4 Å². The summed E-state index contributed by atoms with van der Waals surface area (Å²) < 4.78 is 5.10. The van der Waals surface area contributed by atoms with Gasteiger partial charge in [-0.25, -0.2) is 4.98 Å². The maximum Gasteiger partial charge on any atom is 0.253 e. The number of aliphatic hydroxyl groups excluding tert-OH is 2. The minimum atomic E-state index is -0.941. The number of nitrogens with zero attached hydrogens (tertiary/aromatic N) is 2. The Morgan fingerprint density at radius 3 is 2.57 bits per heavy atom. The highest BCUT2D eigenvalue weighted by Crippen LogP contribution is 2.20. The number of pyridine rings is 1. The summed E-state index contributed by atoms with van der Waals surface area (Å²) in [6, 6.07) is 12.5. The maximum absolute atomic E-state index is 12.2. The Labute approximate surface area is 135 Å². The Kier molecular flexibility index (Phi) is 5.67. The molecule has 2 aromatic rings. The largest absolute Gasteiger partial charge is 0.481 e. The molecular weight excluding hydrogens is 296 g/mol. The van der Waals surface area contributed by atoms with Crippen LogP contribution in [0.2, 0.25) is 0 Å². The van der Waals surface area contributed by atoms with Gasteiger partial charge in [0.2, 0.25) is 5.88 Å². The molecule has 0 saturated heterocycles. The first-order chi connectivity index (χ1) is 11.0. The smallest absolute Gasteiger partial charge is 0.253 e. The van der Waals surface area contributed by atoms with Crippen LogP contribution in [0.25, 0.3) is 11.3 Å². The van der Waals surface area contributed by atoms with Crippen molar-refractivity contribution in [2.24, 2.45) is 0 Å². The number of methoxy groups -OCH3 is 1. The Morgan fingerprint density at radius 1 is 1.26 bits per heavy atom. The Bertz CT molecular complexity index is 658. The van der Waals surface area contributed by atoms with Crippen molar-refractivity contribution < 1.29 is 19.7 Å². The van der Waals surface area contributed by atoms with Crippen molar-refractivity contribution in [1.82, 2.24) is 9.88 Å². The highest BCUT2D eigenvalue weighted by molar-refractivity contribution is 5.94. The lowest BCUT2D eigenvalue weighted by atomic mass is 10.1. The fourth-order valence-corrected chi connectivity index (χ4v) is 2.15. The van der Waals surface area contributed by atoms with E-state index >= 15 is 0 Å². The summed E-state index contributed by atoms with van der Waals surface area (Å²) in [4.78, 5) is 18.0. The molecule has 1 atom stereocenters. The van der Waals surface area contributed by atoms with Crippen molar-refractivity contribution in [3.63, 3.8) is 0 Å². The summed E-state index contributed by atoms with van der Waals surface area (Å²) in [5.41, 5.74) is 2.13. The summed E-state index contributed by atoms with van der Waals surface area (Å²) in [6.07, 6.45) is -0.941. The number of carbonyl (C=O) groups excluding carboxylic acids is 1. The molecule has 0 saturated carbocycles. The number of benzene rings is 1. The fourth-order valence-electron chi connectivity index (χ4n) is 2.15. The first-order valence-corrected chi connectivity index (χ1v) is 7.21. The minimum Gasteiger partial charge on any atom is -0.481 e. The Hall–Kier alpha value is -2.44. The zero-order valence-corrected chi connectivity index (χ0v) is 13.1. The maximum atomic E-state index is 12.2. The highest BCUT2D eigenvalue weighted by Gasteiger charge is 2.15. The standard InChI is InChI=1S/C17H20N2O4/c1-19(10-14(21)11-20)17(22)13-8-6-12(7-9-13)15-4-3-5-16(18-15)23-2/h3-9,14,20-21H,10-11H2,1-2H3. The molecule has 0 aliphatic heterocycles. The van der Waals surface area contributed by atoms with Gasteiger partial charge in [0.05, 0.1) is 25.5 Å². The average Bonchev–Trinajstić information content (AvgIpc) is 2.61. The molecule has 1 aromatic heterocycles. The van der Waals surface area contributed by atoms with Gasteiger partial charge in [-0.1, -0.05) is 18.2 Å². The lowest BCUT2D eigenvalue weighted by molar-refractivity contribution is 0.0520. The second-order valence-corrected chi connectivity index (χ2v) is 5.16. The van der Waals surface area contributed by atoms with E-state index in [-0.39, 0.29) is 19.1 Å². The Morgan fingerprint density at radius 2 is 1.96 bits per heavy atom. The number of ether oxygens (including phenoxy) is 1. The van der Waals surface area contributed by atoms with Crippen LogP contribution in [0.15, 0.2) is 42.5 Å². The summed E-state index contributed by atoms with van der Waals surface area (Å²) >= 11 is 0. The predicted octanol–water partition coefficient (Wildman–Crippen LogP) is 1.18. The van der Waals surface area contributed by atoms with Gasteiger partial charge in [0.15, 0.2) is 0 Å². The van der Waals surface area contributed by atoms with E-state index in [4.69, 9.17) is 9.84 Å². The van der Waals surface area contributed by atoms with Crippen LogP contribution in [0, 0.1) is 0 Å². The van der Waals surface area contributed by atoms with Crippen molar-refractivity contribution in [3.05, 3.63) is 48.0 Å². The lowest BCUT2D eigenvalue weighted by Crippen LogP contribution is -2.35. The van der Waals surface area contributed by atoms with Gasteiger partial charge in [-0.05, 0) is 18.2 Å². The number of hydrogen-bond acceptors (Lipinski definition) is 5. The highest BCUT2D eigenvalue weighted by atomic mass is 16.5. The number of hydrogen-bond donors (Lipinski definition) is 2. The molecule has 0 aliphatic carbocycles. The van der Waals surface area contributed by atoms with Crippen LogP contribution in [-0.4, -0.2) is 59.4 Å². The predicted molar refractivity (Wildman–Crippen MR) is 86.3 cm³/mol. The zero-order valence-electron chi connectivity index (χ0n) is 13.1. The van der Waals surface area contributed by atoms with Crippen LogP contribution in [-0.2, 0) is 0 Å². The SMILES string of the molecule is COc1cccc(-c2ccc(C(=O)N(C)CC(O)CO)cc2)n1. The molecule has 122 valence electrons. The normalized spacial score (nSPS) is 11.8. The average molecular weight is 316 g/mol. The van der Waals surface area contributed by atoms with Crippen LogP contribution in [0.4, 0.5) is 0 Å². The molecule has 0 spiro atoms. The van der Waals surface area contributed by atoms with Crippen LogP contribution in [0.1, 0.15) is 10.4 Å². The van der Waals surface area contributed by atoms with Crippen LogP contribution in [0.5, 0.6) is 5.88 Å². The molecule has 1 aromatic carbocycles. The van der Waals surface area contributed by atoms with E-state index in [1.807, 2.05) is 24.3 Å². The van der Waals surface area contributed by atoms with Gasteiger partial charge in [-0.15, -0.1) is 0 Å². The number of likely N-dealkylation sites (N-methyl/N-ethyl adjacent to an activating group) is 1. The molecule has 6 nitrogen and oxygen atoms in total. The lowest BCUT2D eigenvalue weighted by Gasteiger charge is -2.19. The van der Waals surface area contributed by atoms with Gasteiger partial charge in [0.25, 0.3) is 5.91 Å². The third-order valence-corrected chi connectivity index (χ3v) is 3.40. The Balaban J connectivity index is 2.14. The topological polar surface area (TPSA) is 82.9 Å².